The third-order valence-corrected chi connectivity index (χ3v) is 3.25. The van der Waals surface area contributed by atoms with Gasteiger partial charge in [0.1, 0.15) is 0 Å². The lowest BCUT2D eigenvalue weighted by atomic mass is 10.2. The zero-order chi connectivity index (χ0) is 11.1. The molecule has 0 bridgehead atoms. The van der Waals surface area contributed by atoms with Crippen molar-refractivity contribution in [3.05, 3.63) is 18.0 Å². The first-order valence-electron chi connectivity index (χ1n) is 5.35. The van der Waals surface area contributed by atoms with Crippen LogP contribution in [-0.4, -0.2) is 28.8 Å². The first-order valence-corrected chi connectivity index (χ1v) is 6.33. The molecule has 0 fully saturated rings. The van der Waals surface area contributed by atoms with E-state index in [4.69, 9.17) is 0 Å². The SMILES string of the molecule is CCCC(CSc1ncc(C)cn1)NC. The minimum Gasteiger partial charge on any atom is -0.316 e. The maximum absolute atomic E-state index is 4.27. The number of aryl methyl sites for hydroxylation is 1. The minimum atomic E-state index is 0.560. The van der Waals surface area contributed by atoms with Crippen LogP contribution < -0.4 is 5.32 Å². The quantitative estimate of drug-likeness (QED) is 0.595. The van der Waals surface area contributed by atoms with Gasteiger partial charge in [0, 0.05) is 24.2 Å². The molecule has 1 rings (SSSR count). The predicted molar refractivity (Wildman–Crippen MR) is 65.2 cm³/mol. The van der Waals surface area contributed by atoms with Crippen molar-refractivity contribution in [2.45, 2.75) is 37.9 Å². The fourth-order valence-electron chi connectivity index (χ4n) is 1.29. The summed E-state index contributed by atoms with van der Waals surface area (Å²) in [4.78, 5) is 8.54. The molecule has 1 aromatic rings. The molecule has 4 heteroatoms. The van der Waals surface area contributed by atoms with Crippen LogP contribution in [0.2, 0.25) is 0 Å². The summed E-state index contributed by atoms with van der Waals surface area (Å²) in [5.41, 5.74) is 1.11. The molecule has 0 saturated heterocycles. The number of thioether (sulfide) groups is 1. The van der Waals surface area contributed by atoms with Gasteiger partial charge in [-0.2, -0.15) is 0 Å². The lowest BCUT2D eigenvalue weighted by Crippen LogP contribution is -2.27. The largest absolute Gasteiger partial charge is 0.316 e. The van der Waals surface area contributed by atoms with E-state index in [0.29, 0.717) is 6.04 Å². The normalized spacial score (nSPS) is 12.7. The van der Waals surface area contributed by atoms with Crippen LogP contribution >= 0.6 is 11.8 Å². The Balaban J connectivity index is 2.38. The van der Waals surface area contributed by atoms with Gasteiger partial charge in [-0.15, -0.1) is 0 Å². The number of aromatic nitrogens is 2. The molecule has 0 aliphatic heterocycles. The Bertz CT molecular complexity index is 274. The van der Waals surface area contributed by atoms with Crippen molar-refractivity contribution in [1.82, 2.24) is 15.3 Å². The van der Waals surface area contributed by atoms with E-state index in [0.717, 1.165) is 16.5 Å². The Morgan fingerprint density at radius 3 is 2.60 bits per heavy atom. The molecule has 0 aromatic carbocycles. The van der Waals surface area contributed by atoms with Crippen LogP contribution in [0, 0.1) is 6.92 Å². The van der Waals surface area contributed by atoms with E-state index in [-0.39, 0.29) is 0 Å². The van der Waals surface area contributed by atoms with Gasteiger partial charge in [-0.1, -0.05) is 25.1 Å². The van der Waals surface area contributed by atoms with Gasteiger partial charge in [0.05, 0.1) is 0 Å². The van der Waals surface area contributed by atoms with Crippen molar-refractivity contribution in [1.29, 1.82) is 0 Å². The van der Waals surface area contributed by atoms with E-state index >= 15 is 0 Å². The molecule has 84 valence electrons. The third kappa shape index (κ3) is 4.62. The summed E-state index contributed by atoms with van der Waals surface area (Å²) < 4.78 is 0. The Labute approximate surface area is 96.1 Å². The summed E-state index contributed by atoms with van der Waals surface area (Å²) >= 11 is 1.72. The van der Waals surface area contributed by atoms with Gasteiger partial charge in [0.25, 0.3) is 0 Å². The lowest BCUT2D eigenvalue weighted by Gasteiger charge is -2.13. The van der Waals surface area contributed by atoms with Gasteiger partial charge in [-0.3, -0.25) is 0 Å². The summed E-state index contributed by atoms with van der Waals surface area (Å²) in [6.07, 6.45) is 6.14. The van der Waals surface area contributed by atoms with Crippen molar-refractivity contribution in [2.75, 3.05) is 12.8 Å². The van der Waals surface area contributed by atoms with Gasteiger partial charge >= 0.3 is 0 Å². The minimum absolute atomic E-state index is 0.560. The molecule has 0 aliphatic carbocycles. The van der Waals surface area contributed by atoms with Crippen molar-refractivity contribution in [3.8, 4) is 0 Å². The van der Waals surface area contributed by atoms with E-state index in [9.17, 15) is 0 Å². The Kier molecular flexibility index (Phi) is 5.65. The number of hydrogen-bond acceptors (Lipinski definition) is 4. The van der Waals surface area contributed by atoms with Gasteiger partial charge in [0.15, 0.2) is 5.16 Å². The molecule has 1 unspecified atom stereocenters. The van der Waals surface area contributed by atoms with Crippen LogP contribution in [0.25, 0.3) is 0 Å². The van der Waals surface area contributed by atoms with Crippen LogP contribution in [0.5, 0.6) is 0 Å². The topological polar surface area (TPSA) is 37.8 Å². The monoisotopic (exact) mass is 225 g/mol. The summed E-state index contributed by atoms with van der Waals surface area (Å²) in [7, 11) is 2.01. The Hall–Kier alpha value is -0.610. The summed E-state index contributed by atoms with van der Waals surface area (Å²) in [5.74, 6) is 1.04. The van der Waals surface area contributed by atoms with Crippen molar-refractivity contribution < 1.29 is 0 Å². The first-order chi connectivity index (χ1) is 7.26. The average molecular weight is 225 g/mol. The van der Waals surface area contributed by atoms with E-state index < -0.39 is 0 Å². The van der Waals surface area contributed by atoms with Crippen LogP contribution in [0.1, 0.15) is 25.3 Å². The molecule has 0 saturated carbocycles. The Morgan fingerprint density at radius 1 is 1.40 bits per heavy atom. The molecule has 1 aromatic heterocycles. The third-order valence-electron chi connectivity index (χ3n) is 2.22. The van der Waals surface area contributed by atoms with E-state index in [1.54, 1.807) is 11.8 Å². The molecular formula is C11H19N3S. The second kappa shape index (κ2) is 6.80. The zero-order valence-corrected chi connectivity index (χ0v) is 10.5. The highest BCUT2D eigenvalue weighted by atomic mass is 32.2. The van der Waals surface area contributed by atoms with Crippen molar-refractivity contribution in [3.63, 3.8) is 0 Å². The van der Waals surface area contributed by atoms with Crippen LogP contribution in [0.4, 0.5) is 0 Å². The van der Waals surface area contributed by atoms with Crippen LogP contribution in [-0.2, 0) is 0 Å². The molecule has 15 heavy (non-hydrogen) atoms. The van der Waals surface area contributed by atoms with Gasteiger partial charge in [-0.05, 0) is 26.0 Å². The summed E-state index contributed by atoms with van der Waals surface area (Å²) in [5, 5.41) is 4.18. The average Bonchev–Trinajstić information content (AvgIpc) is 2.26. The molecular weight excluding hydrogens is 206 g/mol. The zero-order valence-electron chi connectivity index (χ0n) is 9.66. The summed E-state index contributed by atoms with van der Waals surface area (Å²) in [6.45, 7) is 4.21. The number of hydrogen-bond donors (Lipinski definition) is 1. The molecule has 0 radical (unpaired) electrons. The molecule has 1 atom stereocenters. The van der Waals surface area contributed by atoms with Crippen molar-refractivity contribution in [2.24, 2.45) is 0 Å². The highest BCUT2D eigenvalue weighted by molar-refractivity contribution is 7.99. The standard InChI is InChI=1S/C11H19N3S/c1-4-5-10(12-3)8-15-11-13-6-9(2)7-14-11/h6-7,10,12H,4-5,8H2,1-3H3. The smallest absolute Gasteiger partial charge is 0.187 e. The van der Waals surface area contributed by atoms with E-state index in [1.165, 1.54) is 12.8 Å². The second-order valence-corrected chi connectivity index (χ2v) is 4.62. The molecule has 1 N–H and O–H groups in total. The maximum atomic E-state index is 4.27. The molecule has 0 aliphatic rings. The van der Waals surface area contributed by atoms with Crippen LogP contribution in [0.15, 0.2) is 17.6 Å². The van der Waals surface area contributed by atoms with Crippen LogP contribution in [0.3, 0.4) is 0 Å². The number of nitrogens with zero attached hydrogens (tertiary/aromatic N) is 2. The molecule has 0 amide bonds. The summed E-state index contributed by atoms with van der Waals surface area (Å²) in [6, 6.07) is 0.560. The van der Waals surface area contributed by atoms with Gasteiger partial charge < -0.3 is 5.32 Å². The maximum Gasteiger partial charge on any atom is 0.187 e. The predicted octanol–water partition coefficient (Wildman–Crippen LogP) is 2.27. The molecule has 1 heterocycles. The van der Waals surface area contributed by atoms with E-state index in [1.807, 2.05) is 26.4 Å². The van der Waals surface area contributed by atoms with Crippen molar-refractivity contribution >= 4 is 11.8 Å². The molecule has 0 spiro atoms. The van der Waals surface area contributed by atoms with Gasteiger partial charge in [0.2, 0.25) is 0 Å². The fraction of sp³-hybridized carbons (Fsp3) is 0.636. The lowest BCUT2D eigenvalue weighted by molar-refractivity contribution is 0.564. The van der Waals surface area contributed by atoms with Gasteiger partial charge in [-0.25, -0.2) is 9.97 Å². The molecule has 3 nitrogen and oxygen atoms in total. The fourth-order valence-corrected chi connectivity index (χ4v) is 2.23. The second-order valence-electron chi connectivity index (χ2n) is 3.63. The highest BCUT2D eigenvalue weighted by Crippen LogP contribution is 2.14. The van der Waals surface area contributed by atoms with E-state index in [2.05, 4.69) is 22.2 Å². The Morgan fingerprint density at radius 2 is 2.07 bits per heavy atom. The highest BCUT2D eigenvalue weighted by Gasteiger charge is 2.06. The number of rotatable bonds is 6. The first kappa shape index (κ1) is 12.5. The number of nitrogens with one attached hydrogen (secondary N) is 1.